The Labute approximate surface area is 107 Å². The molecule has 4 nitrogen and oxygen atoms in total. The second kappa shape index (κ2) is 5.50. The Morgan fingerprint density at radius 1 is 1.44 bits per heavy atom. The molecule has 1 amide bonds. The molecule has 0 aliphatic heterocycles. The maximum absolute atomic E-state index is 11.7. The largest absolute Gasteiger partial charge is 0.382 e. The van der Waals surface area contributed by atoms with Gasteiger partial charge in [-0.3, -0.25) is 4.79 Å². The van der Waals surface area contributed by atoms with E-state index in [-0.39, 0.29) is 12.5 Å². The molecular formula is C14H20N2O2. The van der Waals surface area contributed by atoms with Gasteiger partial charge in [-0.1, -0.05) is 18.2 Å². The summed E-state index contributed by atoms with van der Waals surface area (Å²) in [4.78, 5) is 13.2. The van der Waals surface area contributed by atoms with E-state index in [4.69, 9.17) is 5.73 Å². The minimum atomic E-state index is -1.09. The van der Waals surface area contributed by atoms with Gasteiger partial charge in [0.15, 0.2) is 0 Å². The van der Waals surface area contributed by atoms with E-state index in [1.165, 1.54) is 22.4 Å². The van der Waals surface area contributed by atoms with Crippen LogP contribution in [0, 0.1) is 0 Å². The fourth-order valence-corrected chi connectivity index (χ4v) is 2.43. The fourth-order valence-electron chi connectivity index (χ4n) is 2.43. The zero-order chi connectivity index (χ0) is 13.1. The molecule has 0 fully saturated rings. The maximum atomic E-state index is 11.7. The highest BCUT2D eigenvalue weighted by atomic mass is 16.3. The normalized spacial score (nSPS) is 15.3. The first-order valence-corrected chi connectivity index (χ1v) is 6.35. The second-order valence-corrected chi connectivity index (χ2v) is 4.90. The third-order valence-corrected chi connectivity index (χ3v) is 3.47. The minimum absolute atomic E-state index is 0.0344. The van der Waals surface area contributed by atoms with Crippen LogP contribution in [0.3, 0.4) is 0 Å². The van der Waals surface area contributed by atoms with Crippen LogP contribution < -0.4 is 5.73 Å². The Kier molecular flexibility index (Phi) is 3.99. The van der Waals surface area contributed by atoms with E-state index < -0.39 is 6.10 Å². The van der Waals surface area contributed by atoms with Gasteiger partial charge in [0.25, 0.3) is 5.91 Å². The van der Waals surface area contributed by atoms with Gasteiger partial charge >= 0.3 is 0 Å². The summed E-state index contributed by atoms with van der Waals surface area (Å²) in [7, 11) is 1.69. The number of aryl methyl sites for hydroxylation is 2. The second-order valence-electron chi connectivity index (χ2n) is 4.90. The van der Waals surface area contributed by atoms with Gasteiger partial charge in [-0.25, -0.2) is 0 Å². The van der Waals surface area contributed by atoms with Gasteiger partial charge in [0.1, 0.15) is 6.10 Å². The first-order chi connectivity index (χ1) is 8.61. The van der Waals surface area contributed by atoms with Crippen LogP contribution in [0.4, 0.5) is 0 Å². The number of hydrogen-bond donors (Lipinski definition) is 2. The molecule has 18 heavy (non-hydrogen) atoms. The van der Waals surface area contributed by atoms with Gasteiger partial charge in [-0.05, 0) is 36.0 Å². The number of aliphatic hydroxyl groups is 1. The summed E-state index contributed by atoms with van der Waals surface area (Å²) in [5.74, 6) is -0.321. The lowest BCUT2D eigenvalue weighted by atomic mass is 10.1. The van der Waals surface area contributed by atoms with Gasteiger partial charge in [0, 0.05) is 20.1 Å². The summed E-state index contributed by atoms with van der Waals surface area (Å²) < 4.78 is 0. The monoisotopic (exact) mass is 248 g/mol. The number of hydrogen-bond acceptors (Lipinski definition) is 3. The highest BCUT2D eigenvalue weighted by molar-refractivity contribution is 5.80. The minimum Gasteiger partial charge on any atom is -0.382 e. The van der Waals surface area contributed by atoms with E-state index in [1.54, 1.807) is 7.05 Å². The number of nitrogens with zero attached hydrogens (tertiary/aromatic N) is 1. The number of benzene rings is 1. The van der Waals surface area contributed by atoms with Crippen LogP contribution in [0.15, 0.2) is 18.2 Å². The van der Waals surface area contributed by atoms with Crippen molar-refractivity contribution in [3.63, 3.8) is 0 Å². The molecular weight excluding hydrogens is 228 g/mol. The molecule has 0 saturated carbocycles. The molecule has 0 aromatic heterocycles. The maximum Gasteiger partial charge on any atom is 0.252 e. The van der Waals surface area contributed by atoms with Crippen LogP contribution in [0.25, 0.3) is 0 Å². The van der Waals surface area contributed by atoms with Crippen molar-refractivity contribution in [3.8, 4) is 0 Å². The van der Waals surface area contributed by atoms with Crippen LogP contribution in [-0.4, -0.2) is 35.6 Å². The number of amides is 1. The topological polar surface area (TPSA) is 66.6 Å². The molecule has 0 radical (unpaired) electrons. The molecule has 1 aliphatic rings. The number of aliphatic hydroxyl groups excluding tert-OH is 1. The molecule has 1 atom stereocenters. The van der Waals surface area contributed by atoms with Crippen LogP contribution in [0.2, 0.25) is 0 Å². The van der Waals surface area contributed by atoms with E-state index in [1.807, 2.05) is 0 Å². The van der Waals surface area contributed by atoms with Crippen molar-refractivity contribution in [2.24, 2.45) is 5.73 Å². The zero-order valence-electron chi connectivity index (χ0n) is 10.7. The Morgan fingerprint density at radius 3 is 2.89 bits per heavy atom. The quantitative estimate of drug-likeness (QED) is 0.813. The van der Waals surface area contributed by atoms with E-state index >= 15 is 0 Å². The molecule has 98 valence electrons. The zero-order valence-corrected chi connectivity index (χ0v) is 10.7. The molecule has 0 spiro atoms. The van der Waals surface area contributed by atoms with Gasteiger partial charge in [0.2, 0.25) is 0 Å². The van der Waals surface area contributed by atoms with Gasteiger partial charge in [-0.15, -0.1) is 0 Å². The fraction of sp³-hybridized carbons (Fsp3) is 0.500. The number of rotatable bonds is 4. The highest BCUT2D eigenvalue weighted by Gasteiger charge is 2.18. The average Bonchev–Trinajstić information content (AvgIpc) is 2.84. The standard InChI is InChI=1S/C14H20N2O2/c1-16(14(18)13(17)8-15)9-10-5-6-11-3-2-4-12(11)7-10/h5-7,13,17H,2-4,8-9,15H2,1H3. The van der Waals surface area contributed by atoms with Crippen molar-refractivity contribution in [1.29, 1.82) is 0 Å². The highest BCUT2D eigenvalue weighted by Crippen LogP contribution is 2.23. The van der Waals surface area contributed by atoms with E-state index in [0.717, 1.165) is 18.4 Å². The number of likely N-dealkylation sites (N-methyl/N-ethyl adjacent to an activating group) is 1. The number of carbonyl (C=O) groups excluding carboxylic acids is 1. The summed E-state index contributed by atoms with van der Waals surface area (Å²) in [6, 6.07) is 6.37. The third kappa shape index (κ3) is 2.71. The SMILES string of the molecule is CN(Cc1ccc2c(c1)CCC2)C(=O)C(O)CN. The predicted molar refractivity (Wildman–Crippen MR) is 70.0 cm³/mol. The lowest BCUT2D eigenvalue weighted by molar-refractivity contribution is -0.138. The number of nitrogens with two attached hydrogens (primary N) is 1. The lowest BCUT2D eigenvalue weighted by Crippen LogP contribution is -2.40. The molecule has 1 aliphatic carbocycles. The van der Waals surface area contributed by atoms with Gasteiger partial charge < -0.3 is 15.7 Å². The third-order valence-electron chi connectivity index (χ3n) is 3.47. The van der Waals surface area contributed by atoms with Crippen LogP contribution in [-0.2, 0) is 24.2 Å². The first kappa shape index (κ1) is 13.1. The summed E-state index contributed by atoms with van der Waals surface area (Å²) in [6.07, 6.45) is 2.42. The Morgan fingerprint density at radius 2 is 2.17 bits per heavy atom. The van der Waals surface area contributed by atoms with Crippen molar-refractivity contribution in [2.75, 3.05) is 13.6 Å². The van der Waals surface area contributed by atoms with Gasteiger partial charge in [0.05, 0.1) is 0 Å². The molecule has 3 N–H and O–H groups in total. The Bertz CT molecular complexity index is 445. The van der Waals surface area contributed by atoms with E-state index in [0.29, 0.717) is 6.54 Å². The average molecular weight is 248 g/mol. The molecule has 2 rings (SSSR count). The van der Waals surface area contributed by atoms with E-state index in [2.05, 4.69) is 18.2 Å². The molecule has 4 heteroatoms. The van der Waals surface area contributed by atoms with Crippen LogP contribution in [0.5, 0.6) is 0 Å². The summed E-state index contributed by atoms with van der Waals surface area (Å²) in [6.45, 7) is 0.483. The van der Waals surface area contributed by atoms with E-state index in [9.17, 15) is 9.90 Å². The smallest absolute Gasteiger partial charge is 0.252 e. The van der Waals surface area contributed by atoms with Crippen molar-refractivity contribution in [3.05, 3.63) is 34.9 Å². The summed E-state index contributed by atoms with van der Waals surface area (Å²) >= 11 is 0. The molecule has 1 aromatic rings. The Balaban J connectivity index is 2.03. The molecule has 1 unspecified atom stereocenters. The molecule has 0 heterocycles. The van der Waals surface area contributed by atoms with Gasteiger partial charge in [-0.2, -0.15) is 0 Å². The van der Waals surface area contributed by atoms with Crippen LogP contribution in [0.1, 0.15) is 23.1 Å². The lowest BCUT2D eigenvalue weighted by Gasteiger charge is -2.20. The van der Waals surface area contributed by atoms with Crippen molar-refractivity contribution < 1.29 is 9.90 Å². The van der Waals surface area contributed by atoms with Crippen molar-refractivity contribution in [2.45, 2.75) is 31.9 Å². The first-order valence-electron chi connectivity index (χ1n) is 6.35. The molecule has 1 aromatic carbocycles. The van der Waals surface area contributed by atoms with Crippen molar-refractivity contribution in [1.82, 2.24) is 4.90 Å². The Hall–Kier alpha value is -1.39. The van der Waals surface area contributed by atoms with Crippen molar-refractivity contribution >= 4 is 5.91 Å². The number of fused-ring (bicyclic) bond motifs is 1. The summed E-state index contributed by atoms with van der Waals surface area (Å²) in [5.41, 5.74) is 9.21. The number of carbonyl (C=O) groups is 1. The molecule has 0 bridgehead atoms. The van der Waals surface area contributed by atoms with Crippen LogP contribution >= 0.6 is 0 Å². The summed E-state index contributed by atoms with van der Waals surface area (Å²) in [5, 5.41) is 9.41. The predicted octanol–water partition coefficient (Wildman–Crippen LogP) is 0.453. The molecule has 0 saturated heterocycles.